The first-order chi connectivity index (χ1) is 13.9. The van der Waals surface area contributed by atoms with Gasteiger partial charge >= 0.3 is 0 Å². The molecule has 146 valence electrons. The molecule has 0 unspecified atom stereocenters. The molecule has 0 radical (unpaired) electrons. The minimum Gasteiger partial charge on any atom is -0.304 e. The van der Waals surface area contributed by atoms with E-state index < -0.39 is 5.91 Å². The van der Waals surface area contributed by atoms with E-state index >= 15 is 0 Å². The number of hydrogen-bond donors (Lipinski definition) is 1. The SMILES string of the molecule is Cc1cc(NC(=O)c2nc(C)n(-c3ccc(F)cc3)n2)n(-c2cccc(Cl)c2)n1. The average molecular weight is 411 g/mol. The van der Waals surface area contributed by atoms with Crippen molar-refractivity contribution in [2.45, 2.75) is 13.8 Å². The highest BCUT2D eigenvalue weighted by atomic mass is 35.5. The summed E-state index contributed by atoms with van der Waals surface area (Å²) in [6.07, 6.45) is 0. The number of carbonyl (C=O) groups is 1. The van der Waals surface area contributed by atoms with Crippen molar-refractivity contribution in [3.05, 3.63) is 82.8 Å². The van der Waals surface area contributed by atoms with Crippen LogP contribution in [0, 0.1) is 19.7 Å². The zero-order valence-electron chi connectivity index (χ0n) is 15.6. The Morgan fingerprint density at radius 3 is 2.48 bits per heavy atom. The molecule has 0 saturated heterocycles. The molecule has 0 aliphatic rings. The Balaban J connectivity index is 1.63. The van der Waals surface area contributed by atoms with E-state index in [-0.39, 0.29) is 11.6 Å². The van der Waals surface area contributed by atoms with Gasteiger partial charge in [0.25, 0.3) is 5.91 Å². The Labute approximate surface area is 170 Å². The minimum atomic E-state index is -0.489. The second-order valence-electron chi connectivity index (χ2n) is 6.39. The van der Waals surface area contributed by atoms with Crippen molar-refractivity contribution < 1.29 is 9.18 Å². The van der Waals surface area contributed by atoms with Crippen molar-refractivity contribution in [3.63, 3.8) is 0 Å². The molecular formula is C20H16ClFN6O. The summed E-state index contributed by atoms with van der Waals surface area (Å²) in [5, 5.41) is 12.0. The fourth-order valence-electron chi connectivity index (χ4n) is 2.88. The lowest BCUT2D eigenvalue weighted by molar-refractivity contribution is 0.101. The van der Waals surface area contributed by atoms with E-state index in [4.69, 9.17) is 11.6 Å². The van der Waals surface area contributed by atoms with Gasteiger partial charge in [0, 0.05) is 11.1 Å². The fraction of sp³-hybridized carbons (Fsp3) is 0.100. The van der Waals surface area contributed by atoms with Gasteiger partial charge in [-0.25, -0.2) is 18.7 Å². The van der Waals surface area contributed by atoms with Crippen molar-refractivity contribution >= 4 is 23.3 Å². The molecule has 7 nitrogen and oxygen atoms in total. The summed E-state index contributed by atoms with van der Waals surface area (Å²) < 4.78 is 16.2. The second-order valence-corrected chi connectivity index (χ2v) is 6.82. The molecule has 0 fully saturated rings. The van der Waals surface area contributed by atoms with Gasteiger partial charge < -0.3 is 5.32 Å². The molecule has 4 aromatic rings. The maximum absolute atomic E-state index is 13.2. The quantitative estimate of drug-likeness (QED) is 0.549. The van der Waals surface area contributed by atoms with E-state index in [0.29, 0.717) is 28.0 Å². The van der Waals surface area contributed by atoms with E-state index in [1.54, 1.807) is 48.0 Å². The summed E-state index contributed by atoms with van der Waals surface area (Å²) in [4.78, 5) is 17.0. The topological polar surface area (TPSA) is 77.6 Å². The number of anilines is 1. The van der Waals surface area contributed by atoms with Crippen LogP contribution in [0.25, 0.3) is 11.4 Å². The van der Waals surface area contributed by atoms with E-state index in [1.165, 1.54) is 16.8 Å². The molecule has 0 bridgehead atoms. The summed E-state index contributed by atoms with van der Waals surface area (Å²) in [5.41, 5.74) is 2.04. The first-order valence-corrected chi connectivity index (χ1v) is 9.12. The molecule has 2 aromatic heterocycles. The molecule has 0 spiro atoms. The molecule has 9 heteroatoms. The largest absolute Gasteiger partial charge is 0.304 e. The fourth-order valence-corrected chi connectivity index (χ4v) is 3.06. The number of nitrogens with zero attached hydrogens (tertiary/aromatic N) is 5. The molecule has 2 heterocycles. The third-order valence-corrected chi connectivity index (χ3v) is 4.40. The summed E-state index contributed by atoms with van der Waals surface area (Å²) in [6, 6.07) is 14.7. The van der Waals surface area contributed by atoms with Gasteiger partial charge in [0.05, 0.1) is 17.1 Å². The van der Waals surface area contributed by atoms with Gasteiger partial charge in [-0.3, -0.25) is 4.79 Å². The number of aryl methyl sites for hydroxylation is 2. The first kappa shape index (κ1) is 18.8. The number of amides is 1. The van der Waals surface area contributed by atoms with Gasteiger partial charge in [-0.15, -0.1) is 5.10 Å². The summed E-state index contributed by atoms with van der Waals surface area (Å²) in [6.45, 7) is 3.54. The predicted octanol–water partition coefficient (Wildman–Crippen LogP) is 4.11. The standard InChI is InChI=1S/C20H16ClFN6O/c1-12-10-18(28(25-12)17-5-3-4-14(21)11-17)24-20(29)19-23-13(2)27(26-19)16-8-6-15(22)7-9-16/h3-11H,1-2H3,(H,24,29). The Kier molecular flexibility index (Phi) is 4.85. The van der Waals surface area contributed by atoms with Crippen LogP contribution >= 0.6 is 11.6 Å². The Morgan fingerprint density at radius 1 is 1.00 bits per heavy atom. The molecule has 1 amide bonds. The lowest BCUT2D eigenvalue weighted by atomic mass is 10.3. The van der Waals surface area contributed by atoms with E-state index in [9.17, 15) is 9.18 Å². The van der Waals surface area contributed by atoms with Crippen molar-refractivity contribution in [2.24, 2.45) is 0 Å². The zero-order chi connectivity index (χ0) is 20.5. The Bertz CT molecular complexity index is 1200. The predicted molar refractivity (Wildman–Crippen MR) is 107 cm³/mol. The smallest absolute Gasteiger partial charge is 0.296 e. The number of carbonyl (C=O) groups excluding carboxylic acids is 1. The number of aromatic nitrogens is 5. The maximum atomic E-state index is 13.2. The van der Waals surface area contributed by atoms with Gasteiger partial charge in [-0.2, -0.15) is 5.10 Å². The Hall–Kier alpha value is -3.52. The summed E-state index contributed by atoms with van der Waals surface area (Å²) in [7, 11) is 0. The molecule has 2 aromatic carbocycles. The number of hydrogen-bond acceptors (Lipinski definition) is 4. The first-order valence-electron chi connectivity index (χ1n) is 8.74. The number of benzene rings is 2. The van der Waals surface area contributed by atoms with Gasteiger partial charge in [-0.1, -0.05) is 17.7 Å². The van der Waals surface area contributed by atoms with Gasteiger partial charge in [0.15, 0.2) is 0 Å². The highest BCUT2D eigenvalue weighted by molar-refractivity contribution is 6.30. The average Bonchev–Trinajstić information content (AvgIpc) is 3.25. The molecule has 4 rings (SSSR count). The van der Waals surface area contributed by atoms with Gasteiger partial charge in [0.1, 0.15) is 17.5 Å². The highest BCUT2D eigenvalue weighted by Crippen LogP contribution is 2.21. The van der Waals surface area contributed by atoms with Crippen LogP contribution in [-0.4, -0.2) is 30.5 Å². The highest BCUT2D eigenvalue weighted by Gasteiger charge is 2.18. The van der Waals surface area contributed by atoms with Gasteiger partial charge in [-0.05, 0) is 56.3 Å². The molecule has 0 aliphatic heterocycles. The molecule has 0 saturated carbocycles. The van der Waals surface area contributed by atoms with Crippen molar-refractivity contribution in [2.75, 3.05) is 5.32 Å². The zero-order valence-corrected chi connectivity index (χ0v) is 16.4. The van der Waals surface area contributed by atoms with Crippen LogP contribution in [-0.2, 0) is 0 Å². The molecular weight excluding hydrogens is 395 g/mol. The number of nitrogens with one attached hydrogen (secondary N) is 1. The third kappa shape index (κ3) is 3.88. The van der Waals surface area contributed by atoms with Crippen molar-refractivity contribution in [3.8, 4) is 11.4 Å². The normalized spacial score (nSPS) is 10.9. The molecule has 1 N–H and O–H groups in total. The lowest BCUT2D eigenvalue weighted by Gasteiger charge is -2.08. The number of rotatable bonds is 4. The second kappa shape index (κ2) is 7.48. The van der Waals surface area contributed by atoms with Crippen LogP contribution in [0.15, 0.2) is 54.6 Å². The minimum absolute atomic E-state index is 0.0108. The van der Waals surface area contributed by atoms with Crippen LogP contribution < -0.4 is 5.32 Å². The summed E-state index contributed by atoms with van der Waals surface area (Å²) >= 11 is 6.07. The van der Waals surface area contributed by atoms with E-state index in [0.717, 1.165) is 5.69 Å². The van der Waals surface area contributed by atoms with Crippen molar-refractivity contribution in [1.29, 1.82) is 0 Å². The third-order valence-electron chi connectivity index (χ3n) is 4.17. The molecule has 0 aliphatic carbocycles. The van der Waals surface area contributed by atoms with E-state index in [2.05, 4.69) is 20.5 Å². The van der Waals surface area contributed by atoms with E-state index in [1.807, 2.05) is 13.0 Å². The van der Waals surface area contributed by atoms with Crippen LogP contribution in [0.4, 0.5) is 10.2 Å². The van der Waals surface area contributed by atoms with Crippen molar-refractivity contribution in [1.82, 2.24) is 24.5 Å². The van der Waals surface area contributed by atoms with Crippen LogP contribution in [0.3, 0.4) is 0 Å². The van der Waals surface area contributed by atoms with Crippen LogP contribution in [0.5, 0.6) is 0 Å². The van der Waals surface area contributed by atoms with Gasteiger partial charge in [0.2, 0.25) is 5.82 Å². The van der Waals surface area contributed by atoms with Crippen LogP contribution in [0.1, 0.15) is 22.1 Å². The van der Waals surface area contributed by atoms with Crippen LogP contribution in [0.2, 0.25) is 5.02 Å². The monoisotopic (exact) mass is 410 g/mol. The molecule has 0 atom stereocenters. The summed E-state index contributed by atoms with van der Waals surface area (Å²) in [5.74, 6) is 0.112. The maximum Gasteiger partial charge on any atom is 0.296 e. The number of halogens is 2. The Morgan fingerprint density at radius 2 is 1.76 bits per heavy atom. The lowest BCUT2D eigenvalue weighted by Crippen LogP contribution is -2.17. The molecule has 29 heavy (non-hydrogen) atoms.